The number of ether oxygens (including phenoxy) is 2. The first kappa shape index (κ1) is 22.1. The maximum atomic E-state index is 12.6. The Hall–Kier alpha value is -2.24. The van der Waals surface area contributed by atoms with Crippen LogP contribution in [0.3, 0.4) is 0 Å². The fourth-order valence-corrected chi connectivity index (χ4v) is 3.47. The molecule has 1 atom stereocenters. The van der Waals surface area contributed by atoms with Crippen LogP contribution >= 0.6 is 0 Å². The summed E-state index contributed by atoms with van der Waals surface area (Å²) in [7, 11) is 0. The number of rotatable bonds is 10. The number of nitrogens with one attached hydrogen (secondary N) is 1. The summed E-state index contributed by atoms with van der Waals surface area (Å²) in [5.41, 5.74) is 0.961. The van der Waals surface area contributed by atoms with Gasteiger partial charge in [-0.1, -0.05) is 19.9 Å². The number of carbonyl (C=O) groups is 2. The van der Waals surface area contributed by atoms with Gasteiger partial charge in [0.1, 0.15) is 0 Å². The molecule has 1 aliphatic rings. The van der Waals surface area contributed by atoms with Gasteiger partial charge in [-0.25, -0.2) is 0 Å². The first-order valence-corrected chi connectivity index (χ1v) is 10.4. The van der Waals surface area contributed by atoms with Crippen LogP contribution in [0, 0.1) is 11.8 Å². The smallest absolute Gasteiger partial charge is 0.306 e. The minimum absolute atomic E-state index is 0.00123. The van der Waals surface area contributed by atoms with Crippen LogP contribution in [0.1, 0.15) is 70.9 Å². The fourth-order valence-electron chi connectivity index (χ4n) is 3.47. The van der Waals surface area contributed by atoms with Crippen molar-refractivity contribution in [2.24, 2.45) is 11.8 Å². The number of hydrogen-bond donors (Lipinski definition) is 2. The third-order valence-electron chi connectivity index (χ3n) is 5.20. The number of benzene rings is 1. The molecule has 1 aliphatic carbocycles. The maximum absolute atomic E-state index is 12.6. The van der Waals surface area contributed by atoms with Crippen molar-refractivity contribution in [1.29, 1.82) is 0 Å². The molecule has 1 unspecified atom stereocenters. The lowest BCUT2D eigenvalue weighted by Crippen LogP contribution is -2.35. The van der Waals surface area contributed by atoms with E-state index in [0.717, 1.165) is 24.2 Å². The average Bonchev–Trinajstić information content (AvgIpc) is 2.70. The normalized spacial score (nSPS) is 20.2. The molecule has 1 aromatic carbocycles. The second-order valence-corrected chi connectivity index (χ2v) is 7.52. The largest absolute Gasteiger partial charge is 0.490 e. The van der Waals surface area contributed by atoms with E-state index in [4.69, 9.17) is 14.6 Å². The number of aliphatic carboxylic acids is 1. The van der Waals surface area contributed by atoms with E-state index in [9.17, 15) is 9.59 Å². The van der Waals surface area contributed by atoms with Gasteiger partial charge in [0, 0.05) is 5.92 Å². The number of carboxylic acid groups (broad SMARTS) is 1. The van der Waals surface area contributed by atoms with E-state index in [1.54, 1.807) is 0 Å². The van der Waals surface area contributed by atoms with Crippen LogP contribution < -0.4 is 14.8 Å². The van der Waals surface area contributed by atoms with Crippen molar-refractivity contribution >= 4 is 11.9 Å². The third-order valence-corrected chi connectivity index (χ3v) is 5.20. The van der Waals surface area contributed by atoms with Gasteiger partial charge < -0.3 is 19.9 Å². The second-order valence-electron chi connectivity index (χ2n) is 7.52. The van der Waals surface area contributed by atoms with Crippen molar-refractivity contribution in [3.8, 4) is 11.5 Å². The zero-order chi connectivity index (χ0) is 20.5. The molecule has 1 aromatic rings. The maximum Gasteiger partial charge on any atom is 0.306 e. The molecule has 2 rings (SSSR count). The Morgan fingerprint density at radius 3 is 2.18 bits per heavy atom. The number of carbonyl (C=O) groups excluding carboxylic acids is 1. The highest BCUT2D eigenvalue weighted by molar-refractivity contribution is 5.79. The number of hydrogen-bond acceptors (Lipinski definition) is 4. The third kappa shape index (κ3) is 6.14. The minimum Gasteiger partial charge on any atom is -0.490 e. The van der Waals surface area contributed by atoms with Crippen molar-refractivity contribution in [3.05, 3.63) is 23.8 Å². The lowest BCUT2D eigenvalue weighted by Gasteiger charge is -2.27. The van der Waals surface area contributed by atoms with E-state index in [0.29, 0.717) is 44.6 Å². The molecule has 0 bridgehead atoms. The van der Waals surface area contributed by atoms with Crippen molar-refractivity contribution in [2.45, 2.75) is 65.3 Å². The molecule has 1 amide bonds. The molecule has 156 valence electrons. The molecule has 0 aliphatic heterocycles. The Bertz CT molecular complexity index is 652. The first-order chi connectivity index (χ1) is 13.5. The lowest BCUT2D eigenvalue weighted by atomic mass is 9.81. The topological polar surface area (TPSA) is 84.9 Å². The summed E-state index contributed by atoms with van der Waals surface area (Å²) in [5.74, 6) is 0.257. The molecule has 0 spiro atoms. The quantitative estimate of drug-likeness (QED) is 0.620. The van der Waals surface area contributed by atoms with E-state index in [1.165, 1.54) is 0 Å². The highest BCUT2D eigenvalue weighted by atomic mass is 16.5. The molecule has 0 radical (unpaired) electrons. The summed E-state index contributed by atoms with van der Waals surface area (Å²) in [4.78, 5) is 23.7. The van der Waals surface area contributed by atoms with Crippen LogP contribution in [-0.2, 0) is 9.59 Å². The van der Waals surface area contributed by atoms with Gasteiger partial charge in [-0.3, -0.25) is 9.59 Å². The molecule has 28 heavy (non-hydrogen) atoms. The molecule has 0 aromatic heterocycles. The molecule has 6 heteroatoms. The molecule has 6 nitrogen and oxygen atoms in total. The molecule has 1 saturated carbocycles. The predicted octanol–water partition coefficient (Wildman–Crippen LogP) is 4.33. The van der Waals surface area contributed by atoms with Crippen LogP contribution in [0.15, 0.2) is 18.2 Å². The monoisotopic (exact) mass is 391 g/mol. The fraction of sp³-hybridized carbons (Fsp3) is 0.636. The van der Waals surface area contributed by atoms with E-state index in [-0.39, 0.29) is 23.8 Å². The molecule has 2 N–H and O–H groups in total. The second kappa shape index (κ2) is 10.9. The summed E-state index contributed by atoms with van der Waals surface area (Å²) < 4.78 is 11.6. The SMILES string of the molecule is CCCOc1ccc(C(C)NC(=O)C2CCC(C(=O)O)CC2)cc1OCCC. The Morgan fingerprint density at radius 2 is 1.61 bits per heavy atom. The standard InChI is InChI=1S/C22H33NO5/c1-4-12-27-19-11-10-18(14-20(19)28-13-5-2)15(3)23-21(24)16-6-8-17(9-7-16)22(25)26/h10-11,14-17H,4-9,12-13H2,1-3H3,(H,23,24)(H,25,26). The molecule has 0 heterocycles. The van der Waals surface area contributed by atoms with Crippen LogP contribution in [0.5, 0.6) is 11.5 Å². The summed E-state index contributed by atoms with van der Waals surface area (Å²) in [6, 6.07) is 5.63. The van der Waals surface area contributed by atoms with E-state index >= 15 is 0 Å². The van der Waals surface area contributed by atoms with Gasteiger partial charge >= 0.3 is 5.97 Å². The van der Waals surface area contributed by atoms with Gasteiger partial charge in [0.2, 0.25) is 5.91 Å². The van der Waals surface area contributed by atoms with Gasteiger partial charge in [-0.05, 0) is 63.1 Å². The van der Waals surface area contributed by atoms with Crippen LogP contribution in [0.2, 0.25) is 0 Å². The Kier molecular flexibility index (Phi) is 8.61. The van der Waals surface area contributed by atoms with Gasteiger partial charge in [0.25, 0.3) is 0 Å². The van der Waals surface area contributed by atoms with Crippen LogP contribution in [0.4, 0.5) is 0 Å². The molecular weight excluding hydrogens is 358 g/mol. The van der Waals surface area contributed by atoms with Crippen LogP contribution in [0.25, 0.3) is 0 Å². The zero-order valence-corrected chi connectivity index (χ0v) is 17.2. The summed E-state index contributed by atoms with van der Waals surface area (Å²) in [6.45, 7) is 7.31. The van der Waals surface area contributed by atoms with Crippen LogP contribution in [-0.4, -0.2) is 30.2 Å². The van der Waals surface area contributed by atoms with Gasteiger partial charge in [0.05, 0.1) is 25.2 Å². The average molecular weight is 392 g/mol. The lowest BCUT2D eigenvalue weighted by molar-refractivity contribution is -0.144. The van der Waals surface area contributed by atoms with E-state index < -0.39 is 5.97 Å². The summed E-state index contributed by atoms with van der Waals surface area (Å²) >= 11 is 0. The van der Waals surface area contributed by atoms with Gasteiger partial charge in [0.15, 0.2) is 11.5 Å². The first-order valence-electron chi connectivity index (χ1n) is 10.4. The van der Waals surface area contributed by atoms with Gasteiger partial charge in [-0.2, -0.15) is 0 Å². The van der Waals surface area contributed by atoms with Crippen molar-refractivity contribution in [2.75, 3.05) is 13.2 Å². The summed E-state index contributed by atoms with van der Waals surface area (Å²) in [6.07, 6.45) is 4.23. The minimum atomic E-state index is -0.753. The number of amides is 1. The van der Waals surface area contributed by atoms with E-state index in [2.05, 4.69) is 19.2 Å². The predicted molar refractivity (Wildman–Crippen MR) is 108 cm³/mol. The molecule has 1 fully saturated rings. The number of carboxylic acids is 1. The Balaban J connectivity index is 1.99. The van der Waals surface area contributed by atoms with E-state index in [1.807, 2.05) is 25.1 Å². The van der Waals surface area contributed by atoms with Crippen molar-refractivity contribution < 1.29 is 24.2 Å². The summed E-state index contributed by atoms with van der Waals surface area (Å²) in [5, 5.41) is 12.2. The highest BCUT2D eigenvalue weighted by Crippen LogP contribution is 2.32. The van der Waals surface area contributed by atoms with Crippen molar-refractivity contribution in [1.82, 2.24) is 5.32 Å². The highest BCUT2D eigenvalue weighted by Gasteiger charge is 2.30. The van der Waals surface area contributed by atoms with Crippen molar-refractivity contribution in [3.63, 3.8) is 0 Å². The molecule has 0 saturated heterocycles. The molecular formula is C22H33NO5. The Morgan fingerprint density at radius 1 is 1.04 bits per heavy atom. The zero-order valence-electron chi connectivity index (χ0n) is 17.2. The van der Waals surface area contributed by atoms with Gasteiger partial charge in [-0.15, -0.1) is 0 Å². The Labute approximate surface area is 167 Å².